The average Bonchev–Trinajstić information content (AvgIpc) is 3.33. The van der Waals surface area contributed by atoms with Gasteiger partial charge in [-0.2, -0.15) is 13.2 Å². The number of nitrogens with zero attached hydrogens (tertiary/aromatic N) is 2. The fourth-order valence-electron chi connectivity index (χ4n) is 3.68. The molecule has 13 heteroatoms. The highest BCUT2D eigenvalue weighted by Crippen LogP contribution is 2.21. The van der Waals surface area contributed by atoms with E-state index in [2.05, 4.69) is 15.0 Å². The van der Waals surface area contributed by atoms with Crippen LogP contribution in [0.3, 0.4) is 0 Å². The van der Waals surface area contributed by atoms with E-state index in [0.717, 1.165) is 12.5 Å². The molecule has 4 rings (SSSR count). The van der Waals surface area contributed by atoms with Crippen LogP contribution in [0.5, 0.6) is 5.75 Å². The van der Waals surface area contributed by atoms with E-state index < -0.39 is 36.4 Å². The number of hydrogen-bond acceptors (Lipinski definition) is 7. The molecule has 0 aliphatic carbocycles. The van der Waals surface area contributed by atoms with E-state index in [1.54, 1.807) is 6.07 Å². The van der Waals surface area contributed by atoms with Crippen molar-refractivity contribution in [1.29, 1.82) is 0 Å². The predicted molar refractivity (Wildman–Crippen MR) is 135 cm³/mol. The van der Waals surface area contributed by atoms with E-state index in [-0.39, 0.29) is 30.1 Å². The number of ether oxygens (including phenoxy) is 3. The maximum absolute atomic E-state index is 13.2. The minimum Gasteiger partial charge on any atom is -0.489 e. The smallest absolute Gasteiger partial charge is 0.345 e. The van der Waals surface area contributed by atoms with Crippen LogP contribution >= 0.6 is 0 Å². The molecular formula is C26H34F4N4O5. The zero-order valence-corrected chi connectivity index (χ0v) is 22.0. The van der Waals surface area contributed by atoms with Crippen molar-refractivity contribution >= 4 is 17.5 Å². The molecule has 2 atom stereocenters. The van der Waals surface area contributed by atoms with Crippen molar-refractivity contribution < 1.29 is 41.4 Å². The topological polar surface area (TPSA) is 116 Å². The second-order valence-corrected chi connectivity index (χ2v) is 8.47. The number of amides is 2. The Balaban J connectivity index is 0.000000258. The third-order valence-corrected chi connectivity index (χ3v) is 5.60. The summed E-state index contributed by atoms with van der Waals surface area (Å²) >= 11 is 0. The van der Waals surface area contributed by atoms with Crippen LogP contribution in [0.15, 0.2) is 36.5 Å². The lowest BCUT2D eigenvalue weighted by atomic mass is 10.2. The fraction of sp³-hybridized carbons (Fsp3) is 0.500. The summed E-state index contributed by atoms with van der Waals surface area (Å²) < 4.78 is 64.6. The molecular weight excluding hydrogens is 524 g/mol. The van der Waals surface area contributed by atoms with Gasteiger partial charge in [0.1, 0.15) is 18.4 Å². The monoisotopic (exact) mass is 558 g/mol. The van der Waals surface area contributed by atoms with E-state index >= 15 is 0 Å². The first-order valence-corrected chi connectivity index (χ1v) is 12.6. The Hall–Kier alpha value is -3.29. The van der Waals surface area contributed by atoms with Crippen LogP contribution in [0.2, 0.25) is 0 Å². The number of benzene rings is 1. The van der Waals surface area contributed by atoms with Crippen molar-refractivity contribution in [2.24, 2.45) is 5.73 Å². The van der Waals surface area contributed by atoms with Crippen LogP contribution in [0.4, 0.5) is 23.2 Å². The molecule has 0 spiro atoms. The molecule has 216 valence electrons. The van der Waals surface area contributed by atoms with Gasteiger partial charge < -0.3 is 25.3 Å². The Bertz CT molecular complexity index is 1070. The lowest BCUT2D eigenvalue weighted by Crippen LogP contribution is -2.53. The molecule has 2 unspecified atom stereocenters. The Morgan fingerprint density at radius 1 is 1.21 bits per heavy atom. The lowest BCUT2D eigenvalue weighted by molar-refractivity contribution is -0.196. The second-order valence-electron chi connectivity index (χ2n) is 8.47. The molecule has 39 heavy (non-hydrogen) atoms. The number of nitrogens with two attached hydrogens (primary N) is 1. The molecule has 2 aliphatic rings. The van der Waals surface area contributed by atoms with Crippen LogP contribution in [0.1, 0.15) is 44.1 Å². The number of nitrogens with one attached hydrogen (secondary N) is 1. The third kappa shape index (κ3) is 10.4. The van der Waals surface area contributed by atoms with Crippen LogP contribution in [-0.2, 0) is 14.3 Å². The molecule has 2 amide bonds. The van der Waals surface area contributed by atoms with Gasteiger partial charge in [-0.25, -0.2) is 4.39 Å². The van der Waals surface area contributed by atoms with E-state index in [1.807, 2.05) is 25.7 Å². The van der Waals surface area contributed by atoms with Crippen molar-refractivity contribution in [2.75, 3.05) is 31.6 Å². The number of carbonyl (C=O) groups is 2. The van der Waals surface area contributed by atoms with Crippen molar-refractivity contribution in [2.45, 2.75) is 58.5 Å². The number of alkyl halides is 2. The maximum Gasteiger partial charge on any atom is 0.345 e. The molecule has 9 nitrogen and oxygen atoms in total. The van der Waals surface area contributed by atoms with E-state index in [9.17, 15) is 27.2 Å². The summed E-state index contributed by atoms with van der Waals surface area (Å²) in [4.78, 5) is 28.5. The molecule has 0 bridgehead atoms. The van der Waals surface area contributed by atoms with Crippen LogP contribution in [0, 0.1) is 11.6 Å². The zero-order valence-electron chi connectivity index (χ0n) is 22.0. The van der Waals surface area contributed by atoms with Gasteiger partial charge in [-0.05, 0) is 44.0 Å². The molecule has 2 fully saturated rings. The van der Waals surface area contributed by atoms with Crippen molar-refractivity contribution in [1.82, 2.24) is 9.88 Å². The van der Waals surface area contributed by atoms with Gasteiger partial charge in [-0.3, -0.25) is 19.5 Å². The second kappa shape index (κ2) is 16.0. The van der Waals surface area contributed by atoms with Crippen LogP contribution in [-0.4, -0.2) is 72.9 Å². The summed E-state index contributed by atoms with van der Waals surface area (Å²) in [7, 11) is 0. The standard InChI is InChI=1S/C12H13F4NO2.C12H15N3O3.C2H6/c13-9-2-1-3-10(11(9)14)18-5-4-17-6-8(7-17)19-12(15)16;1-7-2-3-10(18-7)12(17)15-8-4-5-14-9(6-8)11(13)16;1-2/h1-3,8,12H,4-7H2;4-7,10H,2-3H2,1H3,(H2,13,16)(H,14,15,17);1-2H3. The van der Waals surface area contributed by atoms with Gasteiger partial charge in [0, 0.05) is 31.5 Å². The first kappa shape index (κ1) is 31.9. The van der Waals surface area contributed by atoms with E-state index in [0.29, 0.717) is 31.7 Å². The van der Waals surface area contributed by atoms with Gasteiger partial charge in [0.25, 0.3) is 11.8 Å². The number of carbonyl (C=O) groups excluding carboxylic acids is 2. The van der Waals surface area contributed by atoms with Crippen LogP contribution in [0.25, 0.3) is 0 Å². The quantitative estimate of drug-likeness (QED) is 0.448. The molecule has 1 aromatic carbocycles. The summed E-state index contributed by atoms with van der Waals surface area (Å²) in [5, 5.41) is 2.69. The molecule has 3 N–H and O–H groups in total. The van der Waals surface area contributed by atoms with Gasteiger partial charge in [0.15, 0.2) is 11.6 Å². The van der Waals surface area contributed by atoms with Crippen LogP contribution < -0.4 is 15.8 Å². The largest absolute Gasteiger partial charge is 0.489 e. The maximum atomic E-state index is 13.2. The first-order chi connectivity index (χ1) is 18.6. The summed E-state index contributed by atoms with van der Waals surface area (Å²) in [6, 6.07) is 6.73. The van der Waals surface area contributed by atoms with Gasteiger partial charge in [-0.1, -0.05) is 19.9 Å². The minimum atomic E-state index is -2.76. The number of rotatable bonds is 9. The summed E-state index contributed by atoms with van der Waals surface area (Å²) in [5.41, 5.74) is 5.73. The number of primary amides is 1. The Morgan fingerprint density at radius 2 is 1.92 bits per heavy atom. The molecule has 2 saturated heterocycles. The SMILES string of the molecule is CC.CC1CCC(C(=O)Nc2ccnc(C(N)=O)c2)O1.Fc1cccc(OCCN2CC(OC(F)F)C2)c1F. The van der Waals surface area contributed by atoms with Crippen molar-refractivity contribution in [3.8, 4) is 5.75 Å². The lowest BCUT2D eigenvalue weighted by Gasteiger charge is -2.38. The van der Waals surface area contributed by atoms with Gasteiger partial charge in [0.2, 0.25) is 5.82 Å². The summed E-state index contributed by atoms with van der Waals surface area (Å²) in [5.74, 6) is -2.98. The fourth-order valence-corrected chi connectivity index (χ4v) is 3.68. The number of aromatic nitrogens is 1. The molecule has 2 aromatic rings. The summed E-state index contributed by atoms with van der Waals surface area (Å²) in [6.45, 7) is 4.55. The predicted octanol–water partition coefficient (Wildman–Crippen LogP) is 3.98. The Labute approximate surface area is 224 Å². The van der Waals surface area contributed by atoms with E-state index in [4.69, 9.17) is 15.2 Å². The average molecular weight is 559 g/mol. The van der Waals surface area contributed by atoms with Crippen molar-refractivity contribution in [3.05, 3.63) is 53.9 Å². The molecule has 2 aliphatic heterocycles. The number of halogens is 4. The highest BCUT2D eigenvalue weighted by atomic mass is 19.3. The number of anilines is 1. The molecule has 3 heterocycles. The van der Waals surface area contributed by atoms with Crippen molar-refractivity contribution in [3.63, 3.8) is 0 Å². The normalized spacial score (nSPS) is 18.8. The van der Waals surface area contributed by atoms with Gasteiger partial charge >= 0.3 is 6.61 Å². The Kier molecular flexibility index (Phi) is 13.1. The number of hydrogen-bond donors (Lipinski definition) is 2. The third-order valence-electron chi connectivity index (χ3n) is 5.60. The van der Waals surface area contributed by atoms with E-state index in [1.165, 1.54) is 24.4 Å². The van der Waals surface area contributed by atoms with Gasteiger partial charge in [0.05, 0.1) is 12.2 Å². The molecule has 1 aromatic heterocycles. The minimum absolute atomic E-state index is 0.111. The highest BCUT2D eigenvalue weighted by Gasteiger charge is 2.30. The summed E-state index contributed by atoms with van der Waals surface area (Å²) in [6.07, 6.45) is 2.23. The molecule has 0 radical (unpaired) electrons. The zero-order chi connectivity index (χ0) is 28.9. The Morgan fingerprint density at radius 3 is 2.54 bits per heavy atom. The number of pyridine rings is 1. The number of likely N-dealkylation sites (tertiary alicyclic amines) is 1. The highest BCUT2D eigenvalue weighted by molar-refractivity contribution is 5.96. The molecule has 0 saturated carbocycles. The van der Waals surface area contributed by atoms with Gasteiger partial charge in [-0.15, -0.1) is 0 Å². The first-order valence-electron chi connectivity index (χ1n) is 12.6.